The molecule has 0 radical (unpaired) electrons. The minimum atomic E-state index is -0.306. The minimum absolute atomic E-state index is 0.0688. The van der Waals surface area contributed by atoms with Crippen molar-refractivity contribution in [1.29, 1.82) is 0 Å². The second-order valence-corrected chi connectivity index (χ2v) is 7.46. The minimum Gasteiger partial charge on any atom is -0.299 e. The number of rotatable bonds is 8. The molecule has 6 heteroatoms. The van der Waals surface area contributed by atoms with E-state index in [4.69, 9.17) is 0 Å². The van der Waals surface area contributed by atoms with Gasteiger partial charge in [0.25, 0.3) is 0 Å². The fraction of sp³-hybridized carbons (Fsp3) is 0.286. The van der Waals surface area contributed by atoms with Crippen LogP contribution in [-0.4, -0.2) is 27.0 Å². The average Bonchev–Trinajstić information content (AvgIpc) is 3.16. The van der Waals surface area contributed by atoms with E-state index < -0.39 is 0 Å². The molecule has 3 aromatic rings. The van der Waals surface area contributed by atoms with Gasteiger partial charge in [-0.05, 0) is 24.5 Å². The van der Waals surface area contributed by atoms with Gasteiger partial charge in [-0.3, -0.25) is 15.0 Å². The Hall–Kier alpha value is -2.57. The molecule has 3 rings (SSSR count). The van der Waals surface area contributed by atoms with Gasteiger partial charge in [0.15, 0.2) is 0 Å². The highest BCUT2D eigenvalue weighted by molar-refractivity contribution is 7.15. The van der Waals surface area contributed by atoms with E-state index in [9.17, 15) is 4.79 Å². The number of aromatic nitrogens is 2. The summed E-state index contributed by atoms with van der Waals surface area (Å²) in [5, 5.41) is 12.5. The van der Waals surface area contributed by atoms with Crippen molar-refractivity contribution in [3.8, 4) is 0 Å². The molecule has 1 atom stereocenters. The van der Waals surface area contributed by atoms with Gasteiger partial charge in [-0.2, -0.15) is 0 Å². The van der Waals surface area contributed by atoms with Gasteiger partial charge >= 0.3 is 0 Å². The van der Waals surface area contributed by atoms with E-state index in [1.54, 1.807) is 0 Å². The Morgan fingerprint density at radius 2 is 1.56 bits per heavy atom. The maximum Gasteiger partial charge on any atom is 0.243 e. The first-order valence-electron chi connectivity index (χ1n) is 9.11. The van der Waals surface area contributed by atoms with Crippen LogP contribution in [0, 0.1) is 0 Å². The van der Waals surface area contributed by atoms with Crippen LogP contribution in [0.2, 0.25) is 0 Å². The summed E-state index contributed by atoms with van der Waals surface area (Å²) in [6, 6.07) is 20.1. The number of amides is 1. The molecule has 2 aromatic carbocycles. The fourth-order valence-electron chi connectivity index (χ4n) is 2.79. The highest BCUT2D eigenvalue weighted by Crippen LogP contribution is 2.18. The van der Waals surface area contributed by atoms with Crippen molar-refractivity contribution in [3.05, 3.63) is 76.8 Å². The number of nitrogens with zero attached hydrogens (tertiary/aromatic N) is 3. The van der Waals surface area contributed by atoms with Gasteiger partial charge in [-0.1, -0.05) is 78.9 Å². The molecule has 1 unspecified atom stereocenters. The summed E-state index contributed by atoms with van der Waals surface area (Å²) in [4.78, 5) is 15.0. The van der Waals surface area contributed by atoms with Crippen LogP contribution < -0.4 is 5.32 Å². The zero-order valence-corrected chi connectivity index (χ0v) is 16.4. The quantitative estimate of drug-likeness (QED) is 0.638. The van der Waals surface area contributed by atoms with Gasteiger partial charge in [0, 0.05) is 13.1 Å². The molecule has 1 heterocycles. The molecule has 0 fully saturated rings. The van der Waals surface area contributed by atoms with E-state index in [2.05, 4.69) is 44.7 Å². The van der Waals surface area contributed by atoms with Crippen LogP contribution in [0.5, 0.6) is 0 Å². The van der Waals surface area contributed by atoms with Crippen molar-refractivity contribution in [3.63, 3.8) is 0 Å². The van der Waals surface area contributed by atoms with Crippen LogP contribution in [0.4, 0.5) is 5.13 Å². The SMILES string of the molecule is CCc1nnc(NC(=O)C(C)N(Cc2ccccc2)Cc2ccccc2)s1. The molecule has 0 aliphatic heterocycles. The van der Waals surface area contributed by atoms with Crippen LogP contribution in [0.25, 0.3) is 0 Å². The van der Waals surface area contributed by atoms with Gasteiger partial charge in [0.05, 0.1) is 6.04 Å². The fourth-order valence-corrected chi connectivity index (χ4v) is 3.47. The normalized spacial score (nSPS) is 12.1. The standard InChI is InChI=1S/C21H24N4OS/c1-3-19-23-24-21(27-19)22-20(26)16(2)25(14-17-10-6-4-7-11-17)15-18-12-8-5-9-13-18/h4-13,16H,3,14-15H2,1-2H3,(H,22,24,26). The van der Waals surface area contributed by atoms with Crippen molar-refractivity contribution in [2.75, 3.05) is 5.32 Å². The summed E-state index contributed by atoms with van der Waals surface area (Å²) >= 11 is 1.43. The van der Waals surface area contributed by atoms with E-state index in [1.807, 2.05) is 50.2 Å². The number of hydrogen-bond acceptors (Lipinski definition) is 5. The third kappa shape index (κ3) is 5.45. The van der Waals surface area contributed by atoms with E-state index in [0.29, 0.717) is 18.2 Å². The van der Waals surface area contributed by atoms with Crippen molar-refractivity contribution in [2.24, 2.45) is 0 Å². The molecule has 5 nitrogen and oxygen atoms in total. The van der Waals surface area contributed by atoms with E-state index >= 15 is 0 Å². The van der Waals surface area contributed by atoms with Gasteiger partial charge in [0.1, 0.15) is 5.01 Å². The number of anilines is 1. The van der Waals surface area contributed by atoms with Crippen LogP contribution in [-0.2, 0) is 24.3 Å². The number of hydrogen-bond donors (Lipinski definition) is 1. The summed E-state index contributed by atoms with van der Waals surface area (Å²) in [7, 11) is 0. The molecule has 0 spiro atoms. The summed E-state index contributed by atoms with van der Waals surface area (Å²) in [5.74, 6) is -0.0688. The first-order valence-corrected chi connectivity index (χ1v) is 9.92. The van der Waals surface area contributed by atoms with Crippen LogP contribution >= 0.6 is 11.3 Å². The van der Waals surface area contributed by atoms with Gasteiger partial charge in [-0.25, -0.2) is 0 Å². The smallest absolute Gasteiger partial charge is 0.243 e. The molecule has 1 amide bonds. The zero-order valence-electron chi connectivity index (χ0n) is 15.6. The lowest BCUT2D eigenvalue weighted by Crippen LogP contribution is -2.41. The lowest BCUT2D eigenvalue weighted by atomic mass is 10.1. The Kier molecular flexibility index (Phi) is 6.68. The van der Waals surface area contributed by atoms with Gasteiger partial charge in [-0.15, -0.1) is 10.2 Å². The van der Waals surface area contributed by atoms with Gasteiger partial charge in [0.2, 0.25) is 11.0 Å². The first-order chi connectivity index (χ1) is 13.2. The molecule has 0 aliphatic carbocycles. The molecule has 0 bridgehead atoms. The Morgan fingerprint density at radius 1 is 1.00 bits per heavy atom. The van der Waals surface area contributed by atoms with E-state index in [0.717, 1.165) is 11.4 Å². The zero-order chi connectivity index (χ0) is 19.1. The maximum atomic E-state index is 12.8. The summed E-state index contributed by atoms with van der Waals surface area (Å²) < 4.78 is 0. The van der Waals surface area contributed by atoms with E-state index in [1.165, 1.54) is 22.5 Å². The Bertz CT molecular complexity index is 809. The van der Waals surface area contributed by atoms with Crippen LogP contribution in [0.1, 0.15) is 30.0 Å². The predicted octanol–water partition coefficient (Wildman–Crippen LogP) is 4.13. The van der Waals surface area contributed by atoms with Crippen LogP contribution in [0.3, 0.4) is 0 Å². The number of carbonyl (C=O) groups excluding carboxylic acids is 1. The van der Waals surface area contributed by atoms with Crippen LogP contribution in [0.15, 0.2) is 60.7 Å². The maximum absolute atomic E-state index is 12.8. The Labute approximate surface area is 164 Å². The average molecular weight is 381 g/mol. The lowest BCUT2D eigenvalue weighted by molar-refractivity contribution is -0.121. The molecule has 0 saturated carbocycles. The molecule has 1 aromatic heterocycles. The van der Waals surface area contributed by atoms with Crippen molar-refractivity contribution >= 4 is 22.4 Å². The molecule has 0 saturated heterocycles. The molecule has 1 N–H and O–H groups in total. The molecule has 0 aliphatic rings. The summed E-state index contributed by atoms with van der Waals surface area (Å²) in [5.41, 5.74) is 2.36. The number of nitrogens with one attached hydrogen (secondary N) is 1. The third-order valence-electron chi connectivity index (χ3n) is 4.38. The predicted molar refractivity (Wildman–Crippen MR) is 110 cm³/mol. The lowest BCUT2D eigenvalue weighted by Gasteiger charge is -2.28. The highest BCUT2D eigenvalue weighted by atomic mass is 32.1. The van der Waals surface area contributed by atoms with Crippen molar-refractivity contribution < 1.29 is 4.79 Å². The van der Waals surface area contributed by atoms with Crippen molar-refractivity contribution in [2.45, 2.75) is 39.4 Å². The largest absolute Gasteiger partial charge is 0.299 e. The Morgan fingerprint density at radius 3 is 2.04 bits per heavy atom. The van der Waals surface area contributed by atoms with E-state index in [-0.39, 0.29) is 11.9 Å². The van der Waals surface area contributed by atoms with Gasteiger partial charge < -0.3 is 0 Å². The highest BCUT2D eigenvalue weighted by Gasteiger charge is 2.23. The first kappa shape index (κ1) is 19.2. The Balaban J connectivity index is 1.74. The monoisotopic (exact) mass is 380 g/mol. The molecular weight excluding hydrogens is 356 g/mol. The number of benzene rings is 2. The molecular formula is C21H24N4OS. The van der Waals surface area contributed by atoms with Crippen molar-refractivity contribution in [1.82, 2.24) is 15.1 Å². The molecule has 27 heavy (non-hydrogen) atoms. The third-order valence-corrected chi connectivity index (χ3v) is 5.37. The topological polar surface area (TPSA) is 58.1 Å². The second kappa shape index (κ2) is 9.39. The summed E-state index contributed by atoms with van der Waals surface area (Å²) in [6.07, 6.45) is 0.817. The second-order valence-electron chi connectivity index (χ2n) is 6.40. The number of aryl methyl sites for hydroxylation is 1. The molecule has 140 valence electrons. The summed E-state index contributed by atoms with van der Waals surface area (Å²) in [6.45, 7) is 5.35. The number of carbonyl (C=O) groups is 1.